The number of piperidine rings is 2. The van der Waals surface area contributed by atoms with Gasteiger partial charge in [0.25, 0.3) is 11.8 Å². The van der Waals surface area contributed by atoms with E-state index in [1.54, 1.807) is 11.1 Å². The molecule has 2 aromatic heterocycles. The van der Waals surface area contributed by atoms with Gasteiger partial charge < -0.3 is 20.1 Å². The summed E-state index contributed by atoms with van der Waals surface area (Å²) in [5.74, 6) is 0.127. The number of aromatic nitrogens is 2. The Labute approximate surface area is 308 Å². The molecular weight excluding hydrogens is 678 g/mol. The largest absolute Gasteiger partial charge is 0.371 e. The summed E-state index contributed by atoms with van der Waals surface area (Å²) in [4.78, 5) is 64.8. The molecule has 0 aliphatic carbocycles. The predicted octanol–water partition coefficient (Wildman–Crippen LogP) is 6.24. The Morgan fingerprint density at radius 2 is 1.81 bits per heavy atom. The first-order valence-corrected chi connectivity index (χ1v) is 18.9. The van der Waals surface area contributed by atoms with Gasteiger partial charge >= 0.3 is 0 Å². The number of carbonyl (C=O) groups excluding carboxylic acids is 4. The second kappa shape index (κ2) is 14.4. The van der Waals surface area contributed by atoms with Crippen LogP contribution in [0.3, 0.4) is 0 Å². The molecule has 3 N–H and O–H groups in total. The zero-order valence-electron chi connectivity index (χ0n) is 29.4. The van der Waals surface area contributed by atoms with Crippen LogP contribution in [0, 0.1) is 5.92 Å². The summed E-state index contributed by atoms with van der Waals surface area (Å²) in [6, 6.07) is 15.2. The molecule has 4 aliphatic heterocycles. The van der Waals surface area contributed by atoms with E-state index in [2.05, 4.69) is 43.5 Å². The third-order valence-corrected chi connectivity index (χ3v) is 12.0. The standard InChI is InChI=1S/C40H44ClN7O4/c1-46-18-4-9-32(46)37-36(41)28-22-42-34(21-30(28)43-37)44-38(50)26-12-10-24(11-13-26)5-2-6-25-16-19-47(20-17-25)31-8-3-7-27-29(31)23-48(40(27)52)33-14-15-35(49)45-39(33)51/h3,7-8,10-13,21-22,25,32-33,43H,2,4-6,9,14-20,23H2,1H3,(H,42,44,50)(H,45,49,51)/t32-,33+/m1/s1. The monoisotopic (exact) mass is 721 g/mol. The lowest BCUT2D eigenvalue weighted by atomic mass is 9.90. The van der Waals surface area contributed by atoms with Crippen LogP contribution in [0.4, 0.5) is 11.5 Å². The van der Waals surface area contributed by atoms with Gasteiger partial charge in [-0.05, 0) is 101 Å². The molecule has 0 saturated carbocycles. The summed E-state index contributed by atoms with van der Waals surface area (Å²) in [5.41, 5.74) is 6.40. The van der Waals surface area contributed by atoms with E-state index >= 15 is 0 Å². The first kappa shape index (κ1) is 34.4. The fourth-order valence-corrected chi connectivity index (χ4v) is 8.91. The average Bonchev–Trinajstić information content (AvgIpc) is 3.82. The van der Waals surface area contributed by atoms with Crippen molar-refractivity contribution in [1.82, 2.24) is 25.1 Å². The van der Waals surface area contributed by atoms with Crippen LogP contribution in [0.5, 0.6) is 0 Å². The fourth-order valence-electron chi connectivity index (χ4n) is 8.59. The number of aromatic amines is 1. The second-order valence-electron chi connectivity index (χ2n) is 14.8. The molecule has 270 valence electrons. The van der Waals surface area contributed by atoms with Crippen molar-refractivity contribution in [1.29, 1.82) is 0 Å². The Morgan fingerprint density at radius 1 is 1.00 bits per heavy atom. The summed E-state index contributed by atoms with van der Waals surface area (Å²) in [7, 11) is 2.12. The van der Waals surface area contributed by atoms with Crippen molar-refractivity contribution in [2.75, 3.05) is 36.9 Å². The number of amides is 4. The molecule has 0 bridgehead atoms. The van der Waals surface area contributed by atoms with E-state index in [1.165, 1.54) is 5.56 Å². The first-order chi connectivity index (χ1) is 25.2. The van der Waals surface area contributed by atoms with Gasteiger partial charge in [-0.3, -0.25) is 29.4 Å². The van der Waals surface area contributed by atoms with Gasteiger partial charge in [-0.25, -0.2) is 4.98 Å². The average molecular weight is 722 g/mol. The van der Waals surface area contributed by atoms with Gasteiger partial charge in [-0.2, -0.15) is 0 Å². The number of nitrogens with zero attached hydrogens (tertiary/aromatic N) is 4. The Morgan fingerprint density at radius 3 is 2.56 bits per heavy atom. The molecule has 12 heteroatoms. The van der Waals surface area contributed by atoms with Crippen LogP contribution in [0.15, 0.2) is 54.7 Å². The minimum absolute atomic E-state index is 0.131. The van der Waals surface area contributed by atoms with E-state index in [4.69, 9.17) is 11.6 Å². The fraction of sp³-hybridized carbons (Fsp3) is 0.425. The van der Waals surface area contributed by atoms with Crippen molar-refractivity contribution in [2.45, 2.75) is 76.4 Å². The number of anilines is 2. The topological polar surface area (TPSA) is 131 Å². The highest BCUT2D eigenvalue weighted by molar-refractivity contribution is 6.36. The van der Waals surface area contributed by atoms with E-state index in [0.29, 0.717) is 40.9 Å². The summed E-state index contributed by atoms with van der Waals surface area (Å²) in [5, 5.41) is 6.89. The number of fused-ring (bicyclic) bond motifs is 2. The Bertz CT molecular complexity index is 2040. The maximum Gasteiger partial charge on any atom is 0.256 e. The van der Waals surface area contributed by atoms with Gasteiger partial charge in [-0.1, -0.05) is 29.8 Å². The number of hydrogen-bond acceptors (Lipinski definition) is 7. The van der Waals surface area contributed by atoms with Gasteiger partial charge in [-0.15, -0.1) is 0 Å². The predicted molar refractivity (Wildman–Crippen MR) is 200 cm³/mol. The summed E-state index contributed by atoms with van der Waals surface area (Å²) >= 11 is 6.72. The Kier molecular flexibility index (Phi) is 9.48. The highest BCUT2D eigenvalue weighted by Gasteiger charge is 2.40. The molecule has 2 atom stereocenters. The molecule has 0 unspecified atom stereocenters. The van der Waals surface area contributed by atoms with E-state index in [0.717, 1.165) is 92.4 Å². The number of imide groups is 1. The van der Waals surface area contributed by atoms with Crippen LogP contribution >= 0.6 is 11.6 Å². The van der Waals surface area contributed by atoms with Gasteiger partial charge in [0.15, 0.2) is 0 Å². The highest BCUT2D eigenvalue weighted by atomic mass is 35.5. The van der Waals surface area contributed by atoms with E-state index < -0.39 is 6.04 Å². The number of carbonyl (C=O) groups is 4. The van der Waals surface area contributed by atoms with E-state index in [-0.39, 0.29) is 36.1 Å². The number of rotatable bonds is 9. The summed E-state index contributed by atoms with van der Waals surface area (Å²) < 4.78 is 0. The SMILES string of the molecule is CN1CCC[C@@H]1c1[nH]c2cc(NC(=O)c3ccc(CCCC4CCN(c5cccc6c5CN([C@H]5CCC(=O)NC5=O)C6=O)CC4)cc3)ncc2c1Cl. The third-order valence-electron chi connectivity index (χ3n) is 11.5. The smallest absolute Gasteiger partial charge is 0.256 e. The molecule has 4 amide bonds. The Hall–Kier alpha value is -4.74. The van der Waals surface area contributed by atoms with Gasteiger partial charge in [0.05, 0.1) is 22.3 Å². The minimum Gasteiger partial charge on any atom is -0.371 e. The lowest BCUT2D eigenvalue weighted by Crippen LogP contribution is -2.52. The zero-order chi connectivity index (χ0) is 35.9. The maximum absolute atomic E-state index is 13.3. The molecular formula is C40H44ClN7O4. The number of nitrogens with one attached hydrogen (secondary N) is 3. The summed E-state index contributed by atoms with van der Waals surface area (Å²) in [6.07, 6.45) is 9.89. The van der Waals surface area contributed by atoms with Crippen molar-refractivity contribution in [3.05, 3.63) is 87.7 Å². The molecule has 3 fully saturated rings. The van der Waals surface area contributed by atoms with Crippen molar-refractivity contribution < 1.29 is 19.2 Å². The number of pyridine rings is 1. The maximum atomic E-state index is 13.3. The number of likely N-dealkylation sites (tertiary alicyclic amines) is 1. The highest BCUT2D eigenvalue weighted by Crippen LogP contribution is 2.39. The first-order valence-electron chi connectivity index (χ1n) is 18.5. The molecule has 6 heterocycles. The third kappa shape index (κ3) is 6.67. The van der Waals surface area contributed by atoms with E-state index in [9.17, 15) is 19.2 Å². The minimum atomic E-state index is -0.606. The van der Waals surface area contributed by atoms with Crippen LogP contribution in [0.1, 0.15) is 94.9 Å². The summed E-state index contributed by atoms with van der Waals surface area (Å²) in [6.45, 7) is 3.30. The van der Waals surface area contributed by atoms with Crippen LogP contribution < -0.4 is 15.5 Å². The van der Waals surface area contributed by atoms with Crippen LogP contribution in [0.25, 0.3) is 10.9 Å². The zero-order valence-corrected chi connectivity index (χ0v) is 30.2. The molecule has 4 aliphatic rings. The number of H-pyrrole nitrogens is 1. The number of benzene rings is 2. The van der Waals surface area contributed by atoms with E-state index in [1.807, 2.05) is 42.5 Å². The molecule has 8 rings (SSSR count). The van der Waals surface area contributed by atoms with Crippen LogP contribution in [-0.4, -0.2) is 76.1 Å². The van der Waals surface area contributed by atoms with Crippen LogP contribution in [-0.2, 0) is 22.6 Å². The number of halogens is 1. The number of aryl methyl sites for hydroxylation is 1. The van der Waals surface area contributed by atoms with Gasteiger partial charge in [0.2, 0.25) is 11.8 Å². The van der Waals surface area contributed by atoms with Crippen molar-refractivity contribution in [2.24, 2.45) is 5.92 Å². The lowest BCUT2D eigenvalue weighted by Gasteiger charge is -2.35. The molecule has 4 aromatic rings. The van der Waals surface area contributed by atoms with Crippen LogP contribution in [0.2, 0.25) is 5.02 Å². The normalized spacial score (nSPS) is 21.2. The Balaban J connectivity index is 0.809. The van der Waals surface area contributed by atoms with Gasteiger partial charge in [0, 0.05) is 66.1 Å². The molecule has 2 aromatic carbocycles. The molecule has 0 spiro atoms. The molecule has 0 radical (unpaired) electrons. The molecule has 52 heavy (non-hydrogen) atoms. The number of hydrogen-bond donors (Lipinski definition) is 3. The van der Waals surface area contributed by atoms with Crippen molar-refractivity contribution >= 4 is 57.6 Å². The van der Waals surface area contributed by atoms with Crippen molar-refractivity contribution in [3.63, 3.8) is 0 Å². The molecule has 11 nitrogen and oxygen atoms in total. The quantitative estimate of drug-likeness (QED) is 0.175. The lowest BCUT2D eigenvalue weighted by molar-refractivity contribution is -0.136. The van der Waals surface area contributed by atoms with Crippen molar-refractivity contribution in [3.8, 4) is 0 Å². The molecule has 3 saturated heterocycles. The second-order valence-corrected chi connectivity index (χ2v) is 15.2. The van der Waals surface area contributed by atoms with Gasteiger partial charge in [0.1, 0.15) is 11.9 Å².